The average molecular weight is 216 g/mol. The van der Waals surface area contributed by atoms with Gasteiger partial charge in [0.1, 0.15) is 17.9 Å². The van der Waals surface area contributed by atoms with Crippen LogP contribution in [0.3, 0.4) is 0 Å². The minimum atomic E-state index is 0.249. The molecule has 1 aromatic heterocycles. The van der Waals surface area contributed by atoms with Crippen LogP contribution in [0, 0.1) is 0 Å². The van der Waals surface area contributed by atoms with Crippen LogP contribution >= 0.6 is 0 Å². The highest BCUT2D eigenvalue weighted by atomic mass is 16.5. The minimum Gasteiger partial charge on any atom is -0.497 e. The number of hydrogen-bond donors (Lipinski definition) is 1. The van der Waals surface area contributed by atoms with Crippen LogP contribution in [-0.2, 0) is 6.42 Å². The number of hydrogen-bond acceptors (Lipinski definition) is 5. The molecule has 0 amide bonds. The van der Waals surface area contributed by atoms with Crippen molar-refractivity contribution in [2.75, 3.05) is 12.8 Å². The van der Waals surface area contributed by atoms with E-state index in [0.29, 0.717) is 12.2 Å². The standard InChI is InChI=1S/C11H12N4O/c1-16-9-4-2-8(3-5-9)6-10-13-7-14-11(12)15-10/h2-5,7H,6H2,1H3,(H2,12,13,14,15). The summed E-state index contributed by atoms with van der Waals surface area (Å²) < 4.78 is 5.08. The second-order valence-electron chi connectivity index (χ2n) is 3.28. The van der Waals surface area contributed by atoms with E-state index in [1.165, 1.54) is 6.33 Å². The molecule has 0 radical (unpaired) electrons. The van der Waals surface area contributed by atoms with Gasteiger partial charge in [0.05, 0.1) is 7.11 Å². The molecule has 0 aliphatic carbocycles. The first-order valence-corrected chi connectivity index (χ1v) is 4.84. The van der Waals surface area contributed by atoms with Gasteiger partial charge in [0.15, 0.2) is 0 Å². The zero-order valence-corrected chi connectivity index (χ0v) is 8.92. The first-order valence-electron chi connectivity index (χ1n) is 4.84. The highest BCUT2D eigenvalue weighted by Crippen LogP contribution is 2.13. The minimum absolute atomic E-state index is 0.249. The molecule has 0 spiro atoms. The van der Waals surface area contributed by atoms with Crippen molar-refractivity contribution in [1.82, 2.24) is 15.0 Å². The summed E-state index contributed by atoms with van der Waals surface area (Å²) in [6.07, 6.45) is 2.05. The van der Waals surface area contributed by atoms with E-state index in [-0.39, 0.29) is 5.95 Å². The maximum Gasteiger partial charge on any atom is 0.223 e. The average Bonchev–Trinajstić information content (AvgIpc) is 2.30. The molecule has 0 unspecified atom stereocenters. The highest BCUT2D eigenvalue weighted by Gasteiger charge is 2.00. The predicted molar refractivity (Wildman–Crippen MR) is 60.0 cm³/mol. The van der Waals surface area contributed by atoms with E-state index in [2.05, 4.69) is 15.0 Å². The smallest absolute Gasteiger partial charge is 0.223 e. The van der Waals surface area contributed by atoms with Crippen LogP contribution in [0.5, 0.6) is 5.75 Å². The zero-order chi connectivity index (χ0) is 11.4. The number of ether oxygens (including phenoxy) is 1. The Morgan fingerprint density at radius 1 is 1.19 bits per heavy atom. The van der Waals surface area contributed by atoms with E-state index in [9.17, 15) is 0 Å². The monoisotopic (exact) mass is 216 g/mol. The van der Waals surface area contributed by atoms with E-state index in [0.717, 1.165) is 11.3 Å². The molecular formula is C11H12N4O. The molecule has 5 heteroatoms. The van der Waals surface area contributed by atoms with Gasteiger partial charge < -0.3 is 10.5 Å². The van der Waals surface area contributed by atoms with E-state index in [1.807, 2.05) is 24.3 Å². The third-order valence-electron chi connectivity index (χ3n) is 2.16. The number of nitrogens with two attached hydrogens (primary N) is 1. The molecule has 5 nitrogen and oxygen atoms in total. The quantitative estimate of drug-likeness (QED) is 0.830. The lowest BCUT2D eigenvalue weighted by Crippen LogP contribution is -2.02. The van der Waals surface area contributed by atoms with Crippen LogP contribution in [0.1, 0.15) is 11.4 Å². The van der Waals surface area contributed by atoms with Gasteiger partial charge in [0.2, 0.25) is 5.95 Å². The molecule has 82 valence electrons. The fourth-order valence-electron chi connectivity index (χ4n) is 1.36. The number of nitrogen functional groups attached to an aromatic ring is 1. The molecule has 0 saturated heterocycles. The lowest BCUT2D eigenvalue weighted by molar-refractivity contribution is 0.414. The summed E-state index contributed by atoms with van der Waals surface area (Å²) in [7, 11) is 1.64. The molecule has 16 heavy (non-hydrogen) atoms. The molecule has 1 heterocycles. The zero-order valence-electron chi connectivity index (χ0n) is 8.92. The Bertz CT molecular complexity index is 470. The van der Waals surface area contributed by atoms with Gasteiger partial charge in [-0.1, -0.05) is 12.1 Å². The first-order chi connectivity index (χ1) is 7.78. The normalized spacial score (nSPS) is 10.1. The van der Waals surface area contributed by atoms with Crippen molar-refractivity contribution in [3.63, 3.8) is 0 Å². The summed E-state index contributed by atoms with van der Waals surface area (Å²) in [5.41, 5.74) is 6.58. The molecule has 0 aliphatic heterocycles. The lowest BCUT2D eigenvalue weighted by atomic mass is 10.1. The maximum absolute atomic E-state index is 5.48. The van der Waals surface area contributed by atoms with E-state index in [1.54, 1.807) is 7.11 Å². The Morgan fingerprint density at radius 3 is 2.56 bits per heavy atom. The second kappa shape index (κ2) is 4.57. The number of aromatic nitrogens is 3. The van der Waals surface area contributed by atoms with E-state index < -0.39 is 0 Å². The Morgan fingerprint density at radius 2 is 1.94 bits per heavy atom. The van der Waals surface area contributed by atoms with Gasteiger partial charge in [0, 0.05) is 6.42 Å². The van der Waals surface area contributed by atoms with Crippen molar-refractivity contribution < 1.29 is 4.74 Å². The van der Waals surface area contributed by atoms with Crippen LogP contribution < -0.4 is 10.5 Å². The Balaban J connectivity index is 2.14. The second-order valence-corrected chi connectivity index (χ2v) is 3.28. The fourth-order valence-corrected chi connectivity index (χ4v) is 1.36. The van der Waals surface area contributed by atoms with Crippen molar-refractivity contribution >= 4 is 5.95 Å². The highest BCUT2D eigenvalue weighted by molar-refractivity contribution is 5.29. The summed E-state index contributed by atoms with van der Waals surface area (Å²) in [6.45, 7) is 0. The Kier molecular flexibility index (Phi) is 2.95. The number of nitrogens with zero attached hydrogens (tertiary/aromatic N) is 3. The van der Waals surface area contributed by atoms with Crippen LogP contribution in [0.2, 0.25) is 0 Å². The first kappa shape index (κ1) is 10.4. The predicted octanol–water partition coefficient (Wildman–Crippen LogP) is 1.05. The molecule has 1 aromatic carbocycles. The van der Waals surface area contributed by atoms with E-state index in [4.69, 9.17) is 10.5 Å². The SMILES string of the molecule is COc1ccc(Cc2ncnc(N)n2)cc1. The van der Waals surface area contributed by atoms with Crippen molar-refractivity contribution in [2.45, 2.75) is 6.42 Å². The van der Waals surface area contributed by atoms with Crippen molar-refractivity contribution in [2.24, 2.45) is 0 Å². The summed E-state index contributed by atoms with van der Waals surface area (Å²) in [6, 6.07) is 7.75. The molecule has 2 aromatic rings. The topological polar surface area (TPSA) is 73.9 Å². The lowest BCUT2D eigenvalue weighted by Gasteiger charge is -2.02. The summed E-state index contributed by atoms with van der Waals surface area (Å²) >= 11 is 0. The fraction of sp³-hybridized carbons (Fsp3) is 0.182. The van der Waals surface area contributed by atoms with Gasteiger partial charge in [-0.25, -0.2) is 9.97 Å². The molecule has 2 rings (SSSR count). The van der Waals surface area contributed by atoms with Gasteiger partial charge in [-0.05, 0) is 17.7 Å². The molecule has 0 saturated carbocycles. The molecule has 0 fully saturated rings. The third kappa shape index (κ3) is 2.44. The Labute approximate surface area is 93.3 Å². The van der Waals surface area contributed by atoms with Crippen molar-refractivity contribution in [3.8, 4) is 5.75 Å². The number of anilines is 1. The maximum atomic E-state index is 5.48. The van der Waals surface area contributed by atoms with Crippen LogP contribution in [-0.4, -0.2) is 22.1 Å². The van der Waals surface area contributed by atoms with Crippen LogP contribution in [0.25, 0.3) is 0 Å². The number of methoxy groups -OCH3 is 1. The van der Waals surface area contributed by atoms with Crippen LogP contribution in [0.15, 0.2) is 30.6 Å². The molecular weight excluding hydrogens is 204 g/mol. The summed E-state index contributed by atoms with van der Waals surface area (Å²) in [5, 5.41) is 0. The largest absolute Gasteiger partial charge is 0.497 e. The molecule has 0 aliphatic rings. The van der Waals surface area contributed by atoms with Crippen molar-refractivity contribution in [1.29, 1.82) is 0 Å². The van der Waals surface area contributed by atoms with E-state index >= 15 is 0 Å². The van der Waals surface area contributed by atoms with Gasteiger partial charge in [-0.15, -0.1) is 0 Å². The van der Waals surface area contributed by atoms with Gasteiger partial charge in [-0.2, -0.15) is 4.98 Å². The number of rotatable bonds is 3. The van der Waals surface area contributed by atoms with Gasteiger partial charge in [0.25, 0.3) is 0 Å². The summed E-state index contributed by atoms with van der Waals surface area (Å²) in [5.74, 6) is 1.75. The Hall–Kier alpha value is -2.17. The number of benzene rings is 1. The summed E-state index contributed by atoms with van der Waals surface area (Å²) in [4.78, 5) is 11.8. The van der Waals surface area contributed by atoms with Crippen molar-refractivity contribution in [3.05, 3.63) is 42.0 Å². The molecule has 0 atom stereocenters. The van der Waals surface area contributed by atoms with Gasteiger partial charge >= 0.3 is 0 Å². The molecule has 2 N–H and O–H groups in total. The third-order valence-corrected chi connectivity index (χ3v) is 2.16. The molecule has 0 bridgehead atoms. The van der Waals surface area contributed by atoms with Crippen LogP contribution in [0.4, 0.5) is 5.95 Å². The van der Waals surface area contributed by atoms with Gasteiger partial charge in [-0.3, -0.25) is 0 Å².